The van der Waals surface area contributed by atoms with Crippen molar-refractivity contribution >= 4 is 11.8 Å². The second-order valence-corrected chi connectivity index (χ2v) is 13.7. The summed E-state index contributed by atoms with van der Waals surface area (Å²) in [7, 11) is 1.83. The van der Waals surface area contributed by atoms with Crippen molar-refractivity contribution < 1.29 is 28.9 Å². The van der Waals surface area contributed by atoms with Gasteiger partial charge in [-0.15, -0.1) is 0 Å². The molecule has 1 aromatic rings. The Bertz CT molecular complexity index is 1320. The lowest BCUT2D eigenvalue weighted by atomic mass is 9.59. The zero-order valence-corrected chi connectivity index (χ0v) is 24.0. The summed E-state index contributed by atoms with van der Waals surface area (Å²) >= 11 is 0. The zero-order valence-electron chi connectivity index (χ0n) is 24.0. The molecule has 1 N–H and O–H groups in total. The fourth-order valence-corrected chi connectivity index (χ4v) is 8.68. The molecule has 38 heavy (non-hydrogen) atoms. The fourth-order valence-electron chi connectivity index (χ4n) is 8.68. The Kier molecular flexibility index (Phi) is 5.28. The third-order valence-corrected chi connectivity index (χ3v) is 10.8. The number of carbonyl (C=O) groups is 2. The summed E-state index contributed by atoms with van der Waals surface area (Å²) in [6.45, 7) is 16.1. The smallest absolute Gasteiger partial charge is 0.355 e. The standard InChI is InChI=1S/C31H41NO6/c1-15-10-18(4)32(9)23(15)27(34)37-25-16(2)13-30-17(3)11-21-22(28(21,5)6)20(24(30)33)12-19-14-36-29(7,8)38-26(19)31(25,30)35/h10,12-13,17,20-22,25-26,35H,11,14H2,1-9H3/t17-,20+,21-,22+,25+,26-,30+,31-/m1/s1. The number of ether oxygens (including phenoxy) is 3. The van der Waals surface area contributed by atoms with Gasteiger partial charge < -0.3 is 23.9 Å². The van der Waals surface area contributed by atoms with Crippen LogP contribution in [0, 0.1) is 48.3 Å². The second-order valence-electron chi connectivity index (χ2n) is 13.7. The van der Waals surface area contributed by atoms with Crippen molar-refractivity contribution in [3.63, 3.8) is 0 Å². The predicted molar refractivity (Wildman–Crippen MR) is 141 cm³/mol. The summed E-state index contributed by atoms with van der Waals surface area (Å²) in [5.41, 5.74) is 0.637. The lowest BCUT2D eigenvalue weighted by molar-refractivity contribution is -0.302. The van der Waals surface area contributed by atoms with Crippen LogP contribution in [0.25, 0.3) is 0 Å². The predicted octanol–water partition coefficient (Wildman–Crippen LogP) is 4.43. The minimum Gasteiger partial charge on any atom is -0.450 e. The van der Waals surface area contributed by atoms with Gasteiger partial charge in [0, 0.05) is 18.7 Å². The van der Waals surface area contributed by atoms with Gasteiger partial charge in [0.05, 0.1) is 12.0 Å². The summed E-state index contributed by atoms with van der Waals surface area (Å²) in [6.07, 6.45) is 2.87. The maximum absolute atomic E-state index is 14.8. The molecule has 1 aromatic heterocycles. The van der Waals surface area contributed by atoms with Gasteiger partial charge in [0.2, 0.25) is 0 Å². The van der Waals surface area contributed by atoms with E-state index in [1.807, 2.05) is 64.5 Å². The number of allylic oxidation sites excluding steroid dienone is 1. The summed E-state index contributed by atoms with van der Waals surface area (Å²) < 4.78 is 20.6. The Balaban J connectivity index is 1.52. The topological polar surface area (TPSA) is 87.0 Å². The first-order valence-electron chi connectivity index (χ1n) is 13.9. The molecule has 3 fully saturated rings. The molecule has 0 amide bonds. The number of carbonyl (C=O) groups excluding carboxylic acids is 2. The molecule has 0 radical (unpaired) electrons. The molecule has 206 valence electrons. The Hall–Kier alpha value is -2.22. The highest BCUT2D eigenvalue weighted by Crippen LogP contribution is 2.72. The van der Waals surface area contributed by atoms with Crippen LogP contribution in [0.4, 0.5) is 0 Å². The lowest BCUT2D eigenvalue weighted by Crippen LogP contribution is -2.68. The highest BCUT2D eigenvalue weighted by molar-refractivity contribution is 5.96. The number of rotatable bonds is 2. The van der Waals surface area contributed by atoms with E-state index in [4.69, 9.17) is 14.2 Å². The van der Waals surface area contributed by atoms with Gasteiger partial charge in [-0.2, -0.15) is 0 Å². The molecule has 1 saturated heterocycles. The molecule has 1 spiro atoms. The minimum absolute atomic E-state index is 0.0117. The first kappa shape index (κ1) is 26.0. The van der Waals surface area contributed by atoms with Crippen molar-refractivity contribution in [2.45, 2.75) is 85.4 Å². The van der Waals surface area contributed by atoms with Crippen LogP contribution < -0.4 is 0 Å². The molecule has 6 rings (SSSR count). The fraction of sp³-hybridized carbons (Fsp3) is 0.677. The Morgan fingerprint density at radius 1 is 1.18 bits per heavy atom. The number of nitrogens with zero attached hydrogens (tertiary/aromatic N) is 1. The molecule has 4 aliphatic carbocycles. The van der Waals surface area contributed by atoms with Gasteiger partial charge in [0.15, 0.2) is 23.3 Å². The Morgan fingerprint density at radius 3 is 2.50 bits per heavy atom. The number of hydrogen-bond acceptors (Lipinski definition) is 6. The average molecular weight is 524 g/mol. The number of aromatic nitrogens is 1. The second kappa shape index (κ2) is 7.70. The Labute approximate surface area is 225 Å². The third-order valence-electron chi connectivity index (χ3n) is 10.8. The van der Waals surface area contributed by atoms with E-state index in [1.165, 1.54) is 0 Å². The van der Waals surface area contributed by atoms with Gasteiger partial charge in [-0.05, 0) is 87.0 Å². The lowest BCUT2D eigenvalue weighted by Gasteiger charge is -2.52. The van der Waals surface area contributed by atoms with E-state index in [2.05, 4.69) is 20.8 Å². The molecule has 5 aliphatic rings. The van der Waals surface area contributed by atoms with Crippen molar-refractivity contribution in [1.29, 1.82) is 0 Å². The van der Waals surface area contributed by atoms with Crippen LogP contribution in [0.5, 0.6) is 0 Å². The van der Waals surface area contributed by atoms with Crippen LogP contribution in [0.1, 0.15) is 69.7 Å². The van der Waals surface area contributed by atoms with Gasteiger partial charge in [0.1, 0.15) is 11.8 Å². The van der Waals surface area contributed by atoms with E-state index in [1.54, 1.807) is 0 Å². The number of ketones is 1. The Morgan fingerprint density at radius 2 is 1.87 bits per heavy atom. The largest absolute Gasteiger partial charge is 0.450 e. The molecule has 2 heterocycles. The summed E-state index contributed by atoms with van der Waals surface area (Å²) in [4.78, 5) is 28.5. The first-order chi connectivity index (χ1) is 17.6. The molecule has 8 atom stereocenters. The highest BCUT2D eigenvalue weighted by atomic mass is 16.7. The number of aryl methyl sites for hydroxylation is 2. The van der Waals surface area contributed by atoms with Crippen LogP contribution in [0.15, 0.2) is 29.4 Å². The van der Waals surface area contributed by atoms with Crippen LogP contribution in [-0.4, -0.2) is 51.6 Å². The molecular weight excluding hydrogens is 482 g/mol. The number of Topliss-reactive ketones (excluding diaryl/α,β-unsaturated/α-hetero) is 1. The molecule has 1 aliphatic heterocycles. The van der Waals surface area contributed by atoms with Gasteiger partial charge in [-0.25, -0.2) is 4.79 Å². The van der Waals surface area contributed by atoms with E-state index in [0.29, 0.717) is 17.2 Å². The molecule has 2 saturated carbocycles. The van der Waals surface area contributed by atoms with Crippen molar-refractivity contribution in [1.82, 2.24) is 4.57 Å². The monoisotopic (exact) mass is 523 g/mol. The minimum atomic E-state index is -1.81. The molecule has 0 aromatic carbocycles. The van der Waals surface area contributed by atoms with Crippen LogP contribution in [-0.2, 0) is 26.1 Å². The molecular formula is C31H41NO6. The van der Waals surface area contributed by atoms with Gasteiger partial charge >= 0.3 is 5.97 Å². The van der Waals surface area contributed by atoms with Crippen LogP contribution in [0.3, 0.4) is 0 Å². The van der Waals surface area contributed by atoms with E-state index in [-0.39, 0.29) is 35.6 Å². The van der Waals surface area contributed by atoms with Crippen molar-refractivity contribution in [2.24, 2.45) is 41.5 Å². The van der Waals surface area contributed by atoms with Gasteiger partial charge in [-0.3, -0.25) is 4.79 Å². The van der Waals surface area contributed by atoms with Gasteiger partial charge in [0.25, 0.3) is 0 Å². The number of hydrogen-bond donors (Lipinski definition) is 1. The van der Waals surface area contributed by atoms with Crippen LogP contribution >= 0.6 is 0 Å². The van der Waals surface area contributed by atoms with Crippen LogP contribution in [0.2, 0.25) is 0 Å². The zero-order chi connectivity index (χ0) is 27.7. The van der Waals surface area contributed by atoms with E-state index < -0.39 is 35.0 Å². The maximum Gasteiger partial charge on any atom is 0.355 e. The van der Waals surface area contributed by atoms with E-state index in [0.717, 1.165) is 23.3 Å². The molecule has 0 unspecified atom stereocenters. The number of aliphatic hydroxyl groups is 1. The summed E-state index contributed by atoms with van der Waals surface area (Å²) in [5.74, 6) is -1.41. The number of esters is 1. The van der Waals surface area contributed by atoms with Gasteiger partial charge in [-0.1, -0.05) is 32.9 Å². The SMILES string of the molecule is CC1=C[C@]23C(=O)[C@@H](C=C4COC(C)(C)O[C@H]4[C@]2(O)[C@H]1OC(=O)c1c(C)cc(C)n1C)[C@H]1[C@@H](C[C@H]3C)C1(C)C. The van der Waals surface area contributed by atoms with E-state index in [9.17, 15) is 14.7 Å². The quantitative estimate of drug-likeness (QED) is 0.456. The molecule has 7 heteroatoms. The summed E-state index contributed by atoms with van der Waals surface area (Å²) in [6, 6.07) is 1.94. The molecule has 2 bridgehead atoms. The van der Waals surface area contributed by atoms with E-state index >= 15 is 0 Å². The maximum atomic E-state index is 14.8. The highest BCUT2D eigenvalue weighted by Gasteiger charge is 2.77. The molecule has 7 nitrogen and oxygen atoms in total. The first-order valence-corrected chi connectivity index (χ1v) is 13.9. The normalized spacial score (nSPS) is 42.1. The van der Waals surface area contributed by atoms with Crippen molar-refractivity contribution in [3.05, 3.63) is 46.3 Å². The third kappa shape index (κ3) is 3.07. The average Bonchev–Trinajstić information content (AvgIpc) is 3.18. The van der Waals surface area contributed by atoms with Crippen molar-refractivity contribution in [2.75, 3.05) is 6.61 Å². The summed E-state index contributed by atoms with van der Waals surface area (Å²) in [5, 5.41) is 13.1. The number of fused-ring (bicyclic) bond motifs is 5. The van der Waals surface area contributed by atoms with Crippen molar-refractivity contribution in [3.8, 4) is 0 Å².